The highest BCUT2D eigenvalue weighted by Gasteiger charge is 2.21. The number of nitrogens with zero attached hydrogens (tertiary/aromatic N) is 1. The van der Waals surface area contributed by atoms with E-state index in [4.69, 9.17) is 9.66 Å². The van der Waals surface area contributed by atoms with E-state index in [9.17, 15) is 13.2 Å². The first-order valence-electron chi connectivity index (χ1n) is 5.70. The minimum Gasteiger partial charge on any atom is -0.480 e. The number of aliphatic carboxylic acids is 1. The van der Waals surface area contributed by atoms with Crippen molar-refractivity contribution in [2.24, 2.45) is 0 Å². The maximum Gasteiger partial charge on any atom is 0.320 e. The molecule has 0 amide bonds. The smallest absolute Gasteiger partial charge is 0.320 e. The van der Waals surface area contributed by atoms with Crippen molar-refractivity contribution in [3.05, 3.63) is 0 Å². The van der Waals surface area contributed by atoms with Crippen LogP contribution in [0.3, 0.4) is 0 Å². The van der Waals surface area contributed by atoms with Gasteiger partial charge in [-0.05, 0) is 19.9 Å². The van der Waals surface area contributed by atoms with E-state index in [2.05, 4.69) is 0 Å². The molecule has 0 saturated carbocycles. The Labute approximate surface area is 102 Å². The molecule has 102 valence electrons. The summed E-state index contributed by atoms with van der Waals surface area (Å²) in [6.07, 6.45) is 2.79. The van der Waals surface area contributed by atoms with Crippen LogP contribution in [0.25, 0.3) is 0 Å². The maximum absolute atomic E-state index is 10.8. The van der Waals surface area contributed by atoms with Gasteiger partial charge in [-0.1, -0.05) is 19.8 Å². The summed E-state index contributed by atoms with van der Waals surface area (Å²) >= 11 is 0. The highest BCUT2D eigenvalue weighted by atomic mass is 32.2. The van der Waals surface area contributed by atoms with Crippen molar-refractivity contribution in [2.45, 2.75) is 39.2 Å². The normalized spacial score (nSPS) is 13.9. The van der Waals surface area contributed by atoms with Crippen LogP contribution in [0.4, 0.5) is 0 Å². The molecule has 0 aliphatic rings. The lowest BCUT2D eigenvalue weighted by molar-refractivity contribution is -0.142. The van der Waals surface area contributed by atoms with E-state index in [0.717, 1.165) is 19.3 Å². The summed E-state index contributed by atoms with van der Waals surface area (Å²) in [6, 6.07) is -0.742. The molecule has 7 heteroatoms. The van der Waals surface area contributed by atoms with Crippen molar-refractivity contribution in [3.8, 4) is 0 Å². The van der Waals surface area contributed by atoms with Gasteiger partial charge in [0.15, 0.2) is 0 Å². The minimum absolute atomic E-state index is 0.0377. The average molecular weight is 267 g/mol. The fraction of sp³-hybridized carbons (Fsp3) is 0.900. The molecule has 1 atom stereocenters. The van der Waals surface area contributed by atoms with Gasteiger partial charge in [0.25, 0.3) is 10.1 Å². The van der Waals surface area contributed by atoms with E-state index < -0.39 is 27.9 Å². The van der Waals surface area contributed by atoms with Gasteiger partial charge in [-0.25, -0.2) is 0 Å². The van der Waals surface area contributed by atoms with Gasteiger partial charge in [0.2, 0.25) is 0 Å². The molecule has 0 radical (unpaired) electrons. The third-order valence-electron chi connectivity index (χ3n) is 2.59. The zero-order valence-corrected chi connectivity index (χ0v) is 11.1. The Hall–Kier alpha value is -0.660. The van der Waals surface area contributed by atoms with Crippen LogP contribution in [-0.4, -0.2) is 53.8 Å². The quantitative estimate of drug-likeness (QED) is 0.475. The van der Waals surface area contributed by atoms with Crippen LogP contribution in [0, 0.1) is 0 Å². The van der Waals surface area contributed by atoms with Gasteiger partial charge >= 0.3 is 5.97 Å². The SMILES string of the molecule is CCCCCN(CCS(=O)(=O)O)C(C)C(=O)O. The molecular weight excluding hydrogens is 246 g/mol. The summed E-state index contributed by atoms with van der Waals surface area (Å²) in [6.45, 7) is 4.11. The van der Waals surface area contributed by atoms with E-state index >= 15 is 0 Å². The van der Waals surface area contributed by atoms with Crippen LogP contribution in [0.5, 0.6) is 0 Å². The summed E-state index contributed by atoms with van der Waals surface area (Å²) in [5.41, 5.74) is 0. The molecule has 0 aromatic rings. The summed E-state index contributed by atoms with van der Waals surface area (Å²) in [5.74, 6) is -1.42. The zero-order valence-electron chi connectivity index (χ0n) is 10.3. The van der Waals surface area contributed by atoms with Crippen LogP contribution in [-0.2, 0) is 14.9 Å². The maximum atomic E-state index is 10.8. The number of hydrogen-bond donors (Lipinski definition) is 2. The van der Waals surface area contributed by atoms with Gasteiger partial charge in [-0.15, -0.1) is 0 Å². The number of carboxylic acids is 1. The monoisotopic (exact) mass is 267 g/mol. The highest BCUT2D eigenvalue weighted by molar-refractivity contribution is 7.85. The van der Waals surface area contributed by atoms with Gasteiger partial charge < -0.3 is 5.11 Å². The van der Waals surface area contributed by atoms with Crippen molar-refractivity contribution >= 4 is 16.1 Å². The molecule has 0 aromatic heterocycles. The van der Waals surface area contributed by atoms with E-state index in [0.29, 0.717) is 6.54 Å². The molecular formula is C10H21NO5S. The molecule has 0 aliphatic carbocycles. The molecule has 0 heterocycles. The first kappa shape index (κ1) is 16.3. The fourth-order valence-electron chi connectivity index (χ4n) is 1.45. The van der Waals surface area contributed by atoms with Crippen molar-refractivity contribution in [1.82, 2.24) is 4.90 Å². The second kappa shape index (κ2) is 7.62. The summed E-state index contributed by atoms with van der Waals surface area (Å²) in [5, 5.41) is 8.88. The third-order valence-corrected chi connectivity index (χ3v) is 3.29. The van der Waals surface area contributed by atoms with E-state index in [-0.39, 0.29) is 6.54 Å². The summed E-state index contributed by atoms with van der Waals surface area (Å²) in [7, 11) is -4.04. The summed E-state index contributed by atoms with van der Waals surface area (Å²) < 4.78 is 29.9. The van der Waals surface area contributed by atoms with Crippen LogP contribution in [0.1, 0.15) is 33.1 Å². The third kappa shape index (κ3) is 8.12. The molecule has 17 heavy (non-hydrogen) atoms. The van der Waals surface area contributed by atoms with Crippen molar-refractivity contribution < 1.29 is 22.9 Å². The summed E-state index contributed by atoms with van der Waals surface area (Å²) in [4.78, 5) is 12.4. The van der Waals surface area contributed by atoms with Crippen LogP contribution >= 0.6 is 0 Å². The lowest BCUT2D eigenvalue weighted by Crippen LogP contribution is -2.42. The predicted octanol–water partition coefficient (Wildman–Crippen LogP) is 0.839. The van der Waals surface area contributed by atoms with Crippen molar-refractivity contribution in [1.29, 1.82) is 0 Å². The molecule has 0 aliphatic heterocycles. The first-order valence-corrected chi connectivity index (χ1v) is 7.31. The fourth-order valence-corrected chi connectivity index (χ4v) is 1.92. The first-order chi connectivity index (χ1) is 7.78. The van der Waals surface area contributed by atoms with Gasteiger partial charge in [-0.2, -0.15) is 8.42 Å². The standard InChI is InChI=1S/C10H21NO5S/c1-3-4-5-6-11(9(2)10(12)13)7-8-17(14,15)16/h9H,3-8H2,1-2H3,(H,12,13)(H,14,15,16). The Morgan fingerprint density at radius 3 is 2.29 bits per heavy atom. The topological polar surface area (TPSA) is 94.9 Å². The van der Waals surface area contributed by atoms with Gasteiger partial charge in [0.1, 0.15) is 6.04 Å². The van der Waals surface area contributed by atoms with Gasteiger partial charge in [0.05, 0.1) is 5.75 Å². The lowest BCUT2D eigenvalue weighted by Gasteiger charge is -2.25. The molecule has 1 unspecified atom stereocenters. The average Bonchev–Trinajstić information content (AvgIpc) is 2.20. The van der Waals surface area contributed by atoms with Crippen LogP contribution < -0.4 is 0 Å². The molecule has 0 bridgehead atoms. The molecule has 0 saturated heterocycles. The molecule has 2 N–H and O–H groups in total. The molecule has 0 rings (SSSR count). The zero-order chi connectivity index (χ0) is 13.5. The van der Waals surface area contributed by atoms with E-state index in [1.54, 1.807) is 4.90 Å². The number of unbranched alkanes of at least 4 members (excludes halogenated alkanes) is 2. The predicted molar refractivity (Wildman–Crippen MR) is 64.6 cm³/mol. The molecule has 0 spiro atoms. The Morgan fingerprint density at radius 2 is 1.88 bits per heavy atom. The number of rotatable bonds is 9. The number of hydrogen-bond acceptors (Lipinski definition) is 4. The number of carboxylic acid groups (broad SMARTS) is 1. The molecule has 6 nitrogen and oxygen atoms in total. The van der Waals surface area contributed by atoms with Crippen LogP contribution in [0.15, 0.2) is 0 Å². The Bertz CT molecular complexity index is 328. The second-order valence-electron chi connectivity index (χ2n) is 4.04. The van der Waals surface area contributed by atoms with E-state index in [1.165, 1.54) is 6.92 Å². The largest absolute Gasteiger partial charge is 0.480 e. The molecule has 0 fully saturated rings. The van der Waals surface area contributed by atoms with Crippen molar-refractivity contribution in [3.63, 3.8) is 0 Å². The lowest BCUT2D eigenvalue weighted by atomic mass is 10.2. The van der Waals surface area contributed by atoms with Crippen molar-refractivity contribution in [2.75, 3.05) is 18.8 Å². The Balaban J connectivity index is 4.34. The second-order valence-corrected chi connectivity index (χ2v) is 5.62. The molecule has 0 aromatic carbocycles. The Kier molecular flexibility index (Phi) is 7.33. The minimum atomic E-state index is -4.04. The number of carbonyl (C=O) groups is 1. The van der Waals surface area contributed by atoms with Crippen LogP contribution in [0.2, 0.25) is 0 Å². The van der Waals surface area contributed by atoms with Gasteiger partial charge in [0, 0.05) is 6.54 Å². The highest BCUT2D eigenvalue weighted by Crippen LogP contribution is 2.04. The Morgan fingerprint density at radius 1 is 1.29 bits per heavy atom. The van der Waals surface area contributed by atoms with Gasteiger partial charge in [-0.3, -0.25) is 14.2 Å². The van der Waals surface area contributed by atoms with E-state index in [1.807, 2.05) is 6.92 Å².